The van der Waals surface area contributed by atoms with Crippen molar-refractivity contribution in [3.63, 3.8) is 0 Å². The van der Waals surface area contributed by atoms with E-state index in [1.807, 2.05) is 0 Å². The molecule has 0 saturated carbocycles. The largest absolute Gasteiger partial charge is 0.236 e. The standard InChI is InChI=1S/C41H26Cl2N4/c1-41(2)32-17-15-28(23-3-7-26(8-4-23)39-44-21-19-34(42)46-39)30-13-11-25-12-14-31-29(16-18-33(41)38(31)36(25)37(30)32)24-5-9-27(10-6-24)40-45-22-20-35(43)47-40/h3-22H,1-2H3. The molecule has 0 aliphatic heterocycles. The normalized spacial score (nSPS) is 13.3. The molecule has 1 aliphatic carbocycles. The van der Waals surface area contributed by atoms with Crippen molar-refractivity contribution in [1.29, 1.82) is 0 Å². The van der Waals surface area contributed by atoms with E-state index in [1.165, 1.54) is 54.6 Å². The van der Waals surface area contributed by atoms with Crippen LogP contribution in [-0.2, 0) is 5.41 Å². The molecule has 8 aromatic rings. The minimum absolute atomic E-state index is 0.183. The third-order valence-electron chi connectivity index (χ3n) is 9.64. The van der Waals surface area contributed by atoms with Gasteiger partial charge in [0.15, 0.2) is 11.6 Å². The zero-order valence-corrected chi connectivity index (χ0v) is 27.1. The Balaban J connectivity index is 1.23. The molecule has 2 heterocycles. The highest BCUT2D eigenvalue weighted by atomic mass is 35.5. The van der Waals surface area contributed by atoms with Crippen LogP contribution < -0.4 is 0 Å². The average molecular weight is 646 g/mol. The second-order valence-electron chi connectivity index (χ2n) is 12.6. The molecule has 9 rings (SSSR count). The molecule has 2 aromatic heterocycles. The molecule has 0 spiro atoms. The Morgan fingerprint density at radius 2 is 0.872 bits per heavy atom. The molecule has 0 saturated heterocycles. The molecule has 224 valence electrons. The molecule has 0 N–H and O–H groups in total. The molecule has 0 bridgehead atoms. The van der Waals surface area contributed by atoms with Crippen molar-refractivity contribution < 1.29 is 0 Å². The molecular formula is C41H26Cl2N4. The molecule has 0 fully saturated rings. The van der Waals surface area contributed by atoms with E-state index in [0.717, 1.165) is 22.3 Å². The number of halogens is 2. The molecule has 0 radical (unpaired) electrons. The first kappa shape index (κ1) is 28.1. The maximum absolute atomic E-state index is 6.14. The van der Waals surface area contributed by atoms with Crippen molar-refractivity contribution in [2.24, 2.45) is 0 Å². The third-order valence-corrected chi connectivity index (χ3v) is 10.1. The summed E-state index contributed by atoms with van der Waals surface area (Å²) in [5.41, 5.74) is 9.09. The van der Waals surface area contributed by atoms with Crippen LogP contribution in [0.4, 0.5) is 0 Å². The summed E-state index contributed by atoms with van der Waals surface area (Å²) < 4.78 is 0. The maximum Gasteiger partial charge on any atom is 0.160 e. The lowest BCUT2D eigenvalue weighted by Gasteiger charge is -2.35. The van der Waals surface area contributed by atoms with Crippen LogP contribution in [0.25, 0.3) is 77.3 Å². The van der Waals surface area contributed by atoms with Gasteiger partial charge in [0.2, 0.25) is 0 Å². The number of nitrogens with zero attached hydrogens (tertiary/aromatic N) is 4. The molecule has 6 aromatic carbocycles. The lowest BCUT2D eigenvalue weighted by molar-refractivity contribution is 0.652. The number of benzene rings is 6. The number of hydrogen-bond donors (Lipinski definition) is 0. The van der Waals surface area contributed by atoms with Gasteiger partial charge in [0.05, 0.1) is 0 Å². The minimum atomic E-state index is -0.183. The van der Waals surface area contributed by atoms with E-state index in [1.54, 1.807) is 24.5 Å². The Hall–Kier alpha value is -5.16. The summed E-state index contributed by atoms with van der Waals surface area (Å²) in [6.07, 6.45) is 3.37. The molecule has 47 heavy (non-hydrogen) atoms. The fourth-order valence-electron chi connectivity index (χ4n) is 7.35. The Morgan fingerprint density at radius 1 is 0.447 bits per heavy atom. The van der Waals surface area contributed by atoms with Gasteiger partial charge in [0.1, 0.15) is 10.3 Å². The first-order chi connectivity index (χ1) is 22.9. The van der Waals surface area contributed by atoms with E-state index >= 15 is 0 Å². The van der Waals surface area contributed by atoms with Gasteiger partial charge in [-0.2, -0.15) is 0 Å². The van der Waals surface area contributed by atoms with E-state index < -0.39 is 0 Å². The quantitative estimate of drug-likeness (QED) is 0.141. The zero-order valence-electron chi connectivity index (χ0n) is 25.6. The van der Waals surface area contributed by atoms with Crippen molar-refractivity contribution >= 4 is 55.5 Å². The molecule has 0 atom stereocenters. The number of aromatic nitrogens is 4. The van der Waals surface area contributed by atoms with Crippen LogP contribution in [0.15, 0.2) is 122 Å². The second-order valence-corrected chi connectivity index (χ2v) is 13.4. The van der Waals surface area contributed by atoms with Gasteiger partial charge >= 0.3 is 0 Å². The van der Waals surface area contributed by atoms with Crippen LogP contribution in [0.1, 0.15) is 25.0 Å². The highest BCUT2D eigenvalue weighted by molar-refractivity contribution is 6.30. The van der Waals surface area contributed by atoms with Crippen molar-refractivity contribution in [1.82, 2.24) is 19.9 Å². The Labute approximate surface area is 281 Å². The highest BCUT2D eigenvalue weighted by Crippen LogP contribution is 2.51. The molecule has 4 nitrogen and oxygen atoms in total. The lowest BCUT2D eigenvalue weighted by atomic mass is 9.68. The average Bonchev–Trinajstić information content (AvgIpc) is 3.10. The summed E-state index contributed by atoms with van der Waals surface area (Å²) in [5, 5.41) is 8.60. The van der Waals surface area contributed by atoms with Gasteiger partial charge in [0, 0.05) is 28.9 Å². The van der Waals surface area contributed by atoms with Crippen molar-refractivity contribution in [2.75, 3.05) is 0 Å². The second kappa shape index (κ2) is 10.4. The first-order valence-electron chi connectivity index (χ1n) is 15.5. The number of hydrogen-bond acceptors (Lipinski definition) is 4. The topological polar surface area (TPSA) is 51.6 Å². The summed E-state index contributed by atoms with van der Waals surface area (Å²) in [6.45, 7) is 4.70. The Morgan fingerprint density at radius 3 is 1.30 bits per heavy atom. The van der Waals surface area contributed by atoms with Gasteiger partial charge in [-0.05, 0) is 77.8 Å². The Kier molecular flexibility index (Phi) is 6.23. The van der Waals surface area contributed by atoms with E-state index in [9.17, 15) is 0 Å². The third kappa shape index (κ3) is 4.36. The molecule has 6 heteroatoms. The van der Waals surface area contributed by atoms with Gasteiger partial charge in [0.25, 0.3) is 0 Å². The van der Waals surface area contributed by atoms with E-state index in [0.29, 0.717) is 22.0 Å². The van der Waals surface area contributed by atoms with Gasteiger partial charge in [-0.1, -0.05) is 134 Å². The minimum Gasteiger partial charge on any atom is -0.236 e. The zero-order chi connectivity index (χ0) is 31.9. The van der Waals surface area contributed by atoms with Gasteiger partial charge in [-0.3, -0.25) is 0 Å². The molecular weight excluding hydrogens is 619 g/mol. The van der Waals surface area contributed by atoms with Crippen LogP contribution >= 0.6 is 23.2 Å². The monoisotopic (exact) mass is 644 g/mol. The summed E-state index contributed by atoms with van der Waals surface area (Å²) in [5.74, 6) is 1.24. The summed E-state index contributed by atoms with van der Waals surface area (Å²) >= 11 is 12.3. The predicted octanol–water partition coefficient (Wildman–Crippen LogP) is 11.3. The first-order valence-corrected chi connectivity index (χ1v) is 16.3. The van der Waals surface area contributed by atoms with Crippen molar-refractivity contribution in [2.45, 2.75) is 19.3 Å². The van der Waals surface area contributed by atoms with E-state index in [2.05, 4.69) is 131 Å². The van der Waals surface area contributed by atoms with Gasteiger partial charge in [-0.15, -0.1) is 0 Å². The molecule has 1 aliphatic rings. The maximum atomic E-state index is 6.14. The fraction of sp³-hybridized carbons (Fsp3) is 0.0732. The lowest BCUT2D eigenvalue weighted by Crippen LogP contribution is -2.22. The van der Waals surface area contributed by atoms with E-state index in [4.69, 9.17) is 23.2 Å². The van der Waals surface area contributed by atoms with E-state index in [-0.39, 0.29) is 5.41 Å². The smallest absolute Gasteiger partial charge is 0.160 e. The predicted molar refractivity (Wildman–Crippen MR) is 194 cm³/mol. The van der Waals surface area contributed by atoms with Crippen LogP contribution in [0, 0.1) is 0 Å². The van der Waals surface area contributed by atoms with Gasteiger partial charge < -0.3 is 0 Å². The molecule has 0 unspecified atom stereocenters. The molecule has 0 amide bonds. The van der Waals surface area contributed by atoms with Crippen LogP contribution in [-0.4, -0.2) is 19.9 Å². The summed E-state index contributed by atoms with van der Waals surface area (Å²) in [6, 6.07) is 38.6. The van der Waals surface area contributed by atoms with Gasteiger partial charge in [-0.25, -0.2) is 19.9 Å². The Bertz CT molecular complexity index is 2380. The summed E-state index contributed by atoms with van der Waals surface area (Å²) in [7, 11) is 0. The SMILES string of the molecule is CC1(C)c2ccc(-c3ccc(-c4nccc(Cl)n4)cc3)c3ccc4ccc5c(-c6ccc(-c7nccc(Cl)n7)cc6)ccc1c5c4c23. The highest BCUT2D eigenvalue weighted by Gasteiger charge is 2.33. The van der Waals surface area contributed by atoms with Crippen molar-refractivity contribution in [3.8, 4) is 45.0 Å². The van der Waals surface area contributed by atoms with Crippen LogP contribution in [0.5, 0.6) is 0 Å². The van der Waals surface area contributed by atoms with Crippen LogP contribution in [0.2, 0.25) is 10.3 Å². The van der Waals surface area contributed by atoms with Crippen molar-refractivity contribution in [3.05, 3.63) is 143 Å². The van der Waals surface area contributed by atoms with Crippen LogP contribution in [0.3, 0.4) is 0 Å². The fourth-order valence-corrected chi connectivity index (χ4v) is 7.62. The number of rotatable bonds is 4. The summed E-state index contributed by atoms with van der Waals surface area (Å²) in [4.78, 5) is 17.6.